The molecule has 0 saturated heterocycles. The Morgan fingerprint density at radius 1 is 1.32 bits per heavy atom. The number of rotatable bonds is 6. The van der Waals surface area contributed by atoms with Gasteiger partial charge in [-0.05, 0) is 0 Å². The van der Waals surface area contributed by atoms with Gasteiger partial charge in [-0.3, -0.25) is 0 Å². The fourth-order valence-corrected chi connectivity index (χ4v) is 1.37. The van der Waals surface area contributed by atoms with E-state index < -0.39 is 0 Å². The Kier molecular flexibility index (Phi) is 4.34. The Bertz CT molecular complexity index is 541. The van der Waals surface area contributed by atoms with Gasteiger partial charge >= 0.3 is 0 Å². The minimum Gasteiger partial charge on any atom is -0.474 e. The summed E-state index contributed by atoms with van der Waals surface area (Å²) in [7, 11) is 1.59. The molecule has 100 valence electrons. The van der Waals surface area contributed by atoms with Crippen molar-refractivity contribution in [1.29, 1.82) is 0 Å². The van der Waals surface area contributed by atoms with E-state index in [9.17, 15) is 0 Å². The maximum atomic E-state index is 5.49. The highest BCUT2D eigenvalue weighted by Gasteiger charge is 2.10. The molecule has 0 aliphatic heterocycles. The number of methoxy groups -OCH3 is 1. The van der Waals surface area contributed by atoms with Crippen molar-refractivity contribution >= 4 is 5.69 Å². The van der Waals surface area contributed by atoms with E-state index in [1.54, 1.807) is 25.6 Å². The van der Waals surface area contributed by atoms with E-state index in [1.807, 2.05) is 0 Å². The molecule has 19 heavy (non-hydrogen) atoms. The van der Waals surface area contributed by atoms with E-state index in [1.165, 1.54) is 11.0 Å². The maximum absolute atomic E-state index is 5.49. The standard InChI is InChI=1S/C10H13N7O2/c1-18-4-5-19-10-9(17-13-2-3-14-17)6-8(7-12-10)15-16-11/h2-3,6-7H,4-5H2,1H3,(H2,11,15). The van der Waals surface area contributed by atoms with Crippen LogP contribution in [-0.4, -0.2) is 40.3 Å². The molecule has 0 aromatic carbocycles. The molecule has 2 rings (SSSR count). The van der Waals surface area contributed by atoms with Gasteiger partial charge in [0.15, 0.2) is 0 Å². The lowest BCUT2D eigenvalue weighted by Crippen LogP contribution is -2.09. The molecular weight excluding hydrogens is 250 g/mol. The average molecular weight is 263 g/mol. The van der Waals surface area contributed by atoms with Crippen molar-refractivity contribution in [3.05, 3.63) is 24.7 Å². The number of ether oxygens (including phenoxy) is 2. The van der Waals surface area contributed by atoms with E-state index in [0.717, 1.165) is 0 Å². The van der Waals surface area contributed by atoms with E-state index in [4.69, 9.17) is 15.3 Å². The van der Waals surface area contributed by atoms with Gasteiger partial charge in [0, 0.05) is 13.2 Å². The highest BCUT2D eigenvalue weighted by molar-refractivity contribution is 5.49. The topological polar surface area (TPSA) is 113 Å². The highest BCUT2D eigenvalue weighted by atomic mass is 16.5. The molecular formula is C10H13N7O2. The van der Waals surface area contributed by atoms with Crippen molar-refractivity contribution in [1.82, 2.24) is 20.0 Å². The van der Waals surface area contributed by atoms with E-state index in [2.05, 4.69) is 25.5 Å². The Balaban J connectivity index is 2.31. The van der Waals surface area contributed by atoms with Crippen LogP contribution in [0.15, 0.2) is 35.0 Å². The molecule has 2 aromatic rings. The van der Waals surface area contributed by atoms with Gasteiger partial charge in [0.25, 0.3) is 0 Å². The summed E-state index contributed by atoms with van der Waals surface area (Å²) < 4.78 is 10.4. The van der Waals surface area contributed by atoms with Crippen LogP contribution in [0.5, 0.6) is 5.88 Å². The zero-order chi connectivity index (χ0) is 13.5. The lowest BCUT2D eigenvalue weighted by atomic mass is 10.3. The molecule has 2 aromatic heterocycles. The van der Waals surface area contributed by atoms with Gasteiger partial charge in [-0.25, -0.2) is 4.98 Å². The van der Waals surface area contributed by atoms with Crippen LogP contribution in [0.25, 0.3) is 5.69 Å². The van der Waals surface area contributed by atoms with Crippen LogP contribution in [-0.2, 0) is 4.74 Å². The molecule has 0 aliphatic rings. The van der Waals surface area contributed by atoms with Crippen molar-refractivity contribution in [2.75, 3.05) is 20.3 Å². The van der Waals surface area contributed by atoms with Gasteiger partial charge in [0.1, 0.15) is 18.0 Å². The first-order valence-corrected chi connectivity index (χ1v) is 5.44. The third kappa shape index (κ3) is 3.22. The summed E-state index contributed by atoms with van der Waals surface area (Å²) in [6, 6.07) is 1.67. The predicted molar refractivity (Wildman–Crippen MR) is 65.2 cm³/mol. The molecule has 9 nitrogen and oxygen atoms in total. The third-order valence-electron chi connectivity index (χ3n) is 2.15. The normalized spacial score (nSPS) is 11.0. The van der Waals surface area contributed by atoms with E-state index >= 15 is 0 Å². The van der Waals surface area contributed by atoms with Gasteiger partial charge in [-0.1, -0.05) is 5.22 Å². The lowest BCUT2D eigenvalue weighted by Gasteiger charge is -2.09. The summed E-state index contributed by atoms with van der Waals surface area (Å²) in [5, 5.41) is 15.0. The molecule has 0 spiro atoms. The quantitative estimate of drug-likeness (QED) is 0.354. The number of nitrogens with two attached hydrogens (primary N) is 1. The van der Waals surface area contributed by atoms with Crippen LogP contribution in [0.3, 0.4) is 0 Å². The highest BCUT2D eigenvalue weighted by Crippen LogP contribution is 2.24. The number of pyridine rings is 1. The average Bonchev–Trinajstić information content (AvgIpc) is 2.94. The maximum Gasteiger partial charge on any atom is 0.242 e. The predicted octanol–water partition coefficient (Wildman–Crippen LogP) is 0.645. The molecule has 0 radical (unpaired) electrons. The number of hydrogen-bond donors (Lipinski definition) is 1. The summed E-state index contributed by atoms with van der Waals surface area (Å²) in [5.41, 5.74) is 1.03. The molecule has 0 fully saturated rings. The molecule has 0 bridgehead atoms. The van der Waals surface area contributed by atoms with Gasteiger partial charge in [0.2, 0.25) is 5.88 Å². The van der Waals surface area contributed by atoms with Crippen LogP contribution >= 0.6 is 0 Å². The molecule has 0 atom stereocenters. The summed E-state index contributed by atoms with van der Waals surface area (Å²) in [5.74, 6) is 5.39. The molecule has 2 heterocycles. The fraction of sp³-hybridized carbons (Fsp3) is 0.300. The second-order valence-electron chi connectivity index (χ2n) is 3.39. The van der Waals surface area contributed by atoms with Gasteiger partial charge in [-0.15, -0.1) is 9.91 Å². The first-order valence-electron chi connectivity index (χ1n) is 5.44. The van der Waals surface area contributed by atoms with Crippen LogP contribution in [0.4, 0.5) is 5.69 Å². The smallest absolute Gasteiger partial charge is 0.242 e. The van der Waals surface area contributed by atoms with Crippen molar-refractivity contribution < 1.29 is 9.47 Å². The van der Waals surface area contributed by atoms with Crippen molar-refractivity contribution in [3.8, 4) is 11.6 Å². The first kappa shape index (κ1) is 12.9. The van der Waals surface area contributed by atoms with Crippen molar-refractivity contribution in [3.63, 3.8) is 0 Å². The second kappa shape index (κ2) is 6.40. The Morgan fingerprint density at radius 3 is 2.79 bits per heavy atom. The summed E-state index contributed by atoms with van der Waals surface area (Å²) in [4.78, 5) is 5.52. The third-order valence-corrected chi connectivity index (χ3v) is 2.15. The monoisotopic (exact) mass is 263 g/mol. The first-order chi connectivity index (χ1) is 9.35. The lowest BCUT2D eigenvalue weighted by molar-refractivity contribution is 0.143. The summed E-state index contributed by atoms with van der Waals surface area (Å²) >= 11 is 0. The fourth-order valence-electron chi connectivity index (χ4n) is 1.37. The largest absolute Gasteiger partial charge is 0.474 e. The van der Waals surface area contributed by atoms with E-state index in [0.29, 0.717) is 30.5 Å². The molecule has 2 N–H and O–H groups in total. The Morgan fingerprint density at radius 2 is 2.11 bits per heavy atom. The molecule has 0 unspecified atom stereocenters. The molecule has 9 heteroatoms. The molecule has 0 aliphatic carbocycles. The zero-order valence-electron chi connectivity index (χ0n) is 10.3. The van der Waals surface area contributed by atoms with Crippen LogP contribution < -0.4 is 10.6 Å². The van der Waals surface area contributed by atoms with Crippen LogP contribution in [0.1, 0.15) is 0 Å². The van der Waals surface area contributed by atoms with Gasteiger partial charge in [-0.2, -0.15) is 10.2 Å². The molecule has 0 amide bonds. The second-order valence-corrected chi connectivity index (χ2v) is 3.39. The Labute approximate surface area is 109 Å². The van der Waals surface area contributed by atoms with Crippen molar-refractivity contribution in [2.24, 2.45) is 16.2 Å². The minimum atomic E-state index is 0.371. The van der Waals surface area contributed by atoms with E-state index in [-0.39, 0.29) is 0 Å². The minimum absolute atomic E-state index is 0.371. The SMILES string of the molecule is COCCOc1ncc(N=NN)cc1-n1nccn1. The van der Waals surface area contributed by atoms with Gasteiger partial charge in [0.05, 0.1) is 25.2 Å². The number of aromatic nitrogens is 4. The van der Waals surface area contributed by atoms with Crippen LogP contribution in [0, 0.1) is 0 Å². The zero-order valence-corrected chi connectivity index (χ0v) is 10.3. The van der Waals surface area contributed by atoms with Crippen LogP contribution in [0.2, 0.25) is 0 Å². The Hall–Kier alpha value is -2.55. The molecule has 0 saturated carbocycles. The summed E-state index contributed by atoms with van der Waals surface area (Å²) in [6.45, 7) is 0.827. The van der Waals surface area contributed by atoms with Crippen molar-refractivity contribution in [2.45, 2.75) is 0 Å². The number of hydrogen-bond acceptors (Lipinski definition) is 7. The summed E-state index contributed by atoms with van der Waals surface area (Å²) in [6.07, 6.45) is 4.59. The van der Waals surface area contributed by atoms with Gasteiger partial charge < -0.3 is 15.3 Å². The number of nitrogens with zero attached hydrogens (tertiary/aromatic N) is 6.